The Morgan fingerprint density at radius 2 is 1.76 bits per heavy atom. The zero-order chi connectivity index (χ0) is 25.8. The average molecular weight is 501 g/mol. The van der Waals surface area contributed by atoms with E-state index in [9.17, 15) is 4.79 Å². The van der Waals surface area contributed by atoms with Crippen molar-refractivity contribution in [2.75, 3.05) is 44.7 Å². The Hall–Kier alpha value is -3.04. The number of nitrogens with zero attached hydrogens (tertiary/aromatic N) is 3. The number of rotatable bonds is 7. The van der Waals surface area contributed by atoms with Gasteiger partial charge in [-0.3, -0.25) is 0 Å². The monoisotopic (exact) mass is 500 g/mol. The van der Waals surface area contributed by atoms with Crippen molar-refractivity contribution in [3.8, 4) is 6.07 Å². The highest BCUT2D eigenvalue weighted by Crippen LogP contribution is 2.51. The summed E-state index contributed by atoms with van der Waals surface area (Å²) < 4.78 is 5.91. The zero-order valence-corrected chi connectivity index (χ0v) is 22.2. The van der Waals surface area contributed by atoms with Gasteiger partial charge in [0.1, 0.15) is 6.10 Å². The molecule has 3 atom stereocenters. The van der Waals surface area contributed by atoms with Gasteiger partial charge in [-0.1, -0.05) is 37.3 Å². The fourth-order valence-corrected chi connectivity index (χ4v) is 7.22. The van der Waals surface area contributed by atoms with Crippen LogP contribution in [0.5, 0.6) is 0 Å². The van der Waals surface area contributed by atoms with E-state index in [1.165, 1.54) is 24.1 Å². The summed E-state index contributed by atoms with van der Waals surface area (Å²) in [6.07, 6.45) is 5.22. The second-order valence-corrected chi connectivity index (χ2v) is 11.4. The third-order valence-corrected chi connectivity index (χ3v) is 9.35. The number of likely N-dealkylation sites (tertiary alicyclic amines) is 1. The standard InChI is InChI=1S/C31H40N4O2/c1-31(25-7-4-3-5-8-25,28-9-6-10-29(28)37-30(36)33-2)26-15-17-34(18-16-26)20-24-21-35(22-24)27-13-11-23(19-32)12-14-27/h3-5,7-8,11-14,24,26,28-29H,6,9-10,15-18,20-22H2,1-2H3,(H,33,36)/t28-,29?,31?/m0/s1. The van der Waals surface area contributed by atoms with Crippen LogP contribution in [0.3, 0.4) is 0 Å². The maximum absolute atomic E-state index is 12.1. The van der Waals surface area contributed by atoms with Crippen LogP contribution in [0, 0.1) is 29.1 Å². The molecular weight excluding hydrogens is 460 g/mol. The summed E-state index contributed by atoms with van der Waals surface area (Å²) >= 11 is 0. The van der Waals surface area contributed by atoms with E-state index < -0.39 is 0 Å². The Kier molecular flexibility index (Phi) is 7.71. The summed E-state index contributed by atoms with van der Waals surface area (Å²) in [6.45, 7) is 8.05. The molecule has 0 aromatic heterocycles. The minimum atomic E-state index is -0.308. The van der Waals surface area contributed by atoms with Crippen LogP contribution < -0.4 is 10.2 Å². The highest BCUT2D eigenvalue weighted by Gasteiger charge is 2.49. The normalized spacial score (nSPS) is 24.6. The summed E-state index contributed by atoms with van der Waals surface area (Å²) in [5, 5.41) is 11.7. The Balaban J connectivity index is 1.20. The second-order valence-electron chi connectivity index (χ2n) is 11.4. The van der Waals surface area contributed by atoms with E-state index in [4.69, 9.17) is 10.00 Å². The van der Waals surface area contributed by atoms with Crippen LogP contribution in [0.1, 0.15) is 50.2 Å². The van der Waals surface area contributed by atoms with Gasteiger partial charge in [-0.2, -0.15) is 5.26 Å². The van der Waals surface area contributed by atoms with Crippen molar-refractivity contribution in [1.29, 1.82) is 5.26 Å². The van der Waals surface area contributed by atoms with Crippen LogP contribution in [0.4, 0.5) is 10.5 Å². The van der Waals surface area contributed by atoms with E-state index in [-0.39, 0.29) is 17.6 Å². The first-order valence-electron chi connectivity index (χ1n) is 13.9. The molecule has 2 aromatic carbocycles. The van der Waals surface area contributed by atoms with Gasteiger partial charge in [0.25, 0.3) is 0 Å². The minimum absolute atomic E-state index is 0.00854. The number of nitrogens with one attached hydrogen (secondary N) is 1. The molecule has 2 heterocycles. The van der Waals surface area contributed by atoms with Gasteiger partial charge < -0.3 is 19.9 Å². The summed E-state index contributed by atoms with van der Waals surface area (Å²) in [7, 11) is 1.64. The van der Waals surface area contributed by atoms with Crippen LogP contribution >= 0.6 is 0 Å². The number of benzene rings is 2. The predicted molar refractivity (Wildman–Crippen MR) is 146 cm³/mol. The average Bonchev–Trinajstić information content (AvgIpc) is 3.39. The van der Waals surface area contributed by atoms with Crippen LogP contribution in [0.15, 0.2) is 54.6 Å². The van der Waals surface area contributed by atoms with Gasteiger partial charge in [-0.25, -0.2) is 4.79 Å². The highest BCUT2D eigenvalue weighted by molar-refractivity contribution is 5.67. The largest absolute Gasteiger partial charge is 0.446 e. The predicted octanol–water partition coefficient (Wildman–Crippen LogP) is 5.19. The molecule has 6 heteroatoms. The summed E-state index contributed by atoms with van der Waals surface area (Å²) in [6, 6.07) is 21.1. The highest BCUT2D eigenvalue weighted by atomic mass is 16.6. The van der Waals surface area contributed by atoms with Crippen molar-refractivity contribution < 1.29 is 9.53 Å². The molecule has 1 amide bonds. The molecule has 2 aromatic rings. The lowest BCUT2D eigenvalue weighted by molar-refractivity contribution is 0.0173. The van der Waals surface area contributed by atoms with Gasteiger partial charge in [0.15, 0.2) is 0 Å². The van der Waals surface area contributed by atoms with Gasteiger partial charge >= 0.3 is 6.09 Å². The third kappa shape index (κ3) is 5.33. The van der Waals surface area contributed by atoms with Crippen molar-refractivity contribution in [3.05, 3.63) is 65.7 Å². The number of carbonyl (C=O) groups is 1. The molecule has 196 valence electrons. The molecule has 1 aliphatic carbocycles. The molecule has 1 saturated carbocycles. The molecule has 2 unspecified atom stereocenters. The van der Waals surface area contributed by atoms with Gasteiger partial charge in [0.05, 0.1) is 11.6 Å². The third-order valence-electron chi connectivity index (χ3n) is 9.35. The molecule has 5 rings (SSSR count). The lowest BCUT2D eigenvalue weighted by Crippen LogP contribution is -2.54. The van der Waals surface area contributed by atoms with Crippen molar-refractivity contribution in [2.24, 2.45) is 17.8 Å². The summed E-state index contributed by atoms with van der Waals surface area (Å²) in [5.74, 6) is 1.62. The molecule has 37 heavy (non-hydrogen) atoms. The van der Waals surface area contributed by atoms with Gasteiger partial charge in [0.2, 0.25) is 0 Å². The van der Waals surface area contributed by atoms with Crippen LogP contribution in [-0.4, -0.2) is 56.9 Å². The van der Waals surface area contributed by atoms with Crippen molar-refractivity contribution in [3.63, 3.8) is 0 Å². The molecule has 6 nitrogen and oxygen atoms in total. The molecule has 0 spiro atoms. The van der Waals surface area contributed by atoms with E-state index in [1.807, 2.05) is 12.1 Å². The Morgan fingerprint density at radius 1 is 1.05 bits per heavy atom. The molecule has 2 saturated heterocycles. The zero-order valence-electron chi connectivity index (χ0n) is 22.2. The number of nitriles is 1. The van der Waals surface area contributed by atoms with Gasteiger partial charge in [-0.05, 0) is 80.9 Å². The maximum Gasteiger partial charge on any atom is 0.407 e. The first kappa shape index (κ1) is 25.6. The van der Waals surface area contributed by atoms with E-state index in [0.29, 0.717) is 17.8 Å². The number of alkyl carbamates (subject to hydrolysis) is 1. The Labute approximate surface area is 221 Å². The number of hydrogen-bond donors (Lipinski definition) is 1. The van der Waals surface area contributed by atoms with Gasteiger partial charge in [-0.15, -0.1) is 0 Å². The van der Waals surface area contributed by atoms with E-state index in [0.717, 1.165) is 57.5 Å². The van der Waals surface area contributed by atoms with Crippen molar-refractivity contribution in [1.82, 2.24) is 10.2 Å². The maximum atomic E-state index is 12.1. The number of amides is 1. The van der Waals surface area contributed by atoms with E-state index in [1.54, 1.807) is 7.05 Å². The van der Waals surface area contributed by atoms with Crippen LogP contribution in [-0.2, 0) is 10.2 Å². The van der Waals surface area contributed by atoms with Crippen molar-refractivity contribution >= 4 is 11.8 Å². The molecule has 1 N–H and O–H groups in total. The van der Waals surface area contributed by atoms with Gasteiger partial charge in [0, 0.05) is 49.6 Å². The minimum Gasteiger partial charge on any atom is -0.446 e. The molecule has 0 bridgehead atoms. The number of carbonyl (C=O) groups excluding carboxylic acids is 1. The lowest BCUT2D eigenvalue weighted by atomic mass is 9.60. The Bertz CT molecular complexity index is 1080. The van der Waals surface area contributed by atoms with Crippen molar-refractivity contribution in [2.45, 2.75) is 50.5 Å². The van der Waals surface area contributed by atoms with Crippen LogP contribution in [0.2, 0.25) is 0 Å². The second kappa shape index (κ2) is 11.1. The van der Waals surface area contributed by atoms with E-state index in [2.05, 4.69) is 70.6 Å². The molecule has 3 fully saturated rings. The SMILES string of the molecule is CNC(=O)OC1CCC[C@@H]1C(C)(c1ccccc1)C1CCN(CC2CN(c3ccc(C#N)cc3)C2)CC1. The topological polar surface area (TPSA) is 68.6 Å². The summed E-state index contributed by atoms with van der Waals surface area (Å²) in [4.78, 5) is 17.2. The Morgan fingerprint density at radius 3 is 2.41 bits per heavy atom. The summed E-state index contributed by atoms with van der Waals surface area (Å²) in [5.41, 5.74) is 3.32. The first-order chi connectivity index (χ1) is 18.0. The smallest absolute Gasteiger partial charge is 0.407 e. The first-order valence-corrected chi connectivity index (χ1v) is 13.9. The molecule has 2 aliphatic heterocycles. The number of piperidine rings is 1. The van der Waals surface area contributed by atoms with E-state index >= 15 is 0 Å². The quantitative estimate of drug-likeness (QED) is 0.567. The van der Waals surface area contributed by atoms with Crippen LogP contribution in [0.25, 0.3) is 0 Å². The number of ether oxygens (including phenoxy) is 1. The fraction of sp³-hybridized carbons (Fsp3) is 0.548. The molecule has 3 aliphatic rings. The molecule has 0 radical (unpaired) electrons. The fourth-order valence-electron chi connectivity index (χ4n) is 7.22. The number of anilines is 1. The lowest BCUT2D eigenvalue weighted by Gasteiger charge is -2.49. The number of hydrogen-bond acceptors (Lipinski definition) is 5. The molecular formula is C31H40N4O2.